The monoisotopic (exact) mass is 407 g/mol. The summed E-state index contributed by atoms with van der Waals surface area (Å²) in [6.07, 6.45) is 8.94. The zero-order valence-electron chi connectivity index (χ0n) is 14.7. The molecule has 5 nitrogen and oxygen atoms in total. The van der Waals surface area contributed by atoms with Gasteiger partial charge < -0.3 is 15.0 Å². The van der Waals surface area contributed by atoms with Gasteiger partial charge in [0.05, 0.1) is 17.1 Å². The van der Waals surface area contributed by atoms with Crippen molar-refractivity contribution in [2.45, 2.75) is 63.5 Å². The molecule has 1 aliphatic heterocycles. The maximum atomic E-state index is 11.8. The van der Waals surface area contributed by atoms with Crippen LogP contribution < -0.4 is 5.32 Å². The Kier molecular flexibility index (Phi) is 6.12. The van der Waals surface area contributed by atoms with Crippen LogP contribution in [0.1, 0.15) is 69.3 Å². The Morgan fingerprint density at radius 2 is 1.92 bits per heavy atom. The van der Waals surface area contributed by atoms with Crippen molar-refractivity contribution < 1.29 is 9.90 Å². The van der Waals surface area contributed by atoms with Gasteiger partial charge in [-0.1, -0.05) is 35.2 Å². The summed E-state index contributed by atoms with van der Waals surface area (Å²) in [6, 6.07) is 6.91. The third kappa shape index (κ3) is 3.90. The fourth-order valence-electron chi connectivity index (χ4n) is 4.06. The maximum Gasteiger partial charge on any atom is 0.220 e. The number of nitrogens with one attached hydrogen (secondary N) is 1. The van der Waals surface area contributed by atoms with E-state index in [9.17, 15) is 4.79 Å². The van der Waals surface area contributed by atoms with Crippen LogP contribution >= 0.6 is 15.9 Å². The predicted octanol–water partition coefficient (Wildman–Crippen LogP) is 4.25. The Morgan fingerprint density at radius 3 is 2.64 bits per heavy atom. The van der Waals surface area contributed by atoms with Crippen molar-refractivity contribution in [2.24, 2.45) is 0 Å². The first-order valence-electron chi connectivity index (χ1n) is 9.14. The van der Waals surface area contributed by atoms with Crippen molar-refractivity contribution >= 4 is 32.9 Å². The lowest BCUT2D eigenvalue weighted by atomic mass is 9.94. The number of fused-ring (bicyclic) bond motifs is 1. The van der Waals surface area contributed by atoms with Gasteiger partial charge in [0.1, 0.15) is 5.82 Å². The van der Waals surface area contributed by atoms with Crippen LogP contribution in [0.4, 0.5) is 0 Å². The normalized spacial score (nSPS) is 21.6. The molecule has 0 unspecified atom stereocenters. The summed E-state index contributed by atoms with van der Waals surface area (Å²) in [7, 11) is 1.00. The lowest BCUT2D eigenvalue weighted by Gasteiger charge is -2.29. The lowest BCUT2D eigenvalue weighted by molar-refractivity contribution is -0.123. The largest absolute Gasteiger partial charge is 0.400 e. The minimum atomic E-state index is 0.0596. The zero-order valence-corrected chi connectivity index (χ0v) is 16.3. The van der Waals surface area contributed by atoms with E-state index in [0.717, 1.165) is 35.8 Å². The number of halogens is 1. The van der Waals surface area contributed by atoms with Crippen molar-refractivity contribution in [3.8, 4) is 0 Å². The lowest BCUT2D eigenvalue weighted by Crippen LogP contribution is -2.34. The highest BCUT2D eigenvalue weighted by Gasteiger charge is 2.28. The molecule has 1 amide bonds. The van der Waals surface area contributed by atoms with Crippen LogP contribution in [-0.4, -0.2) is 27.7 Å². The summed E-state index contributed by atoms with van der Waals surface area (Å²) in [5.74, 6) is 1.21. The number of carbonyl (C=O) groups excluding carboxylic acids is 1. The third-order valence-electron chi connectivity index (χ3n) is 5.16. The third-order valence-corrected chi connectivity index (χ3v) is 5.66. The van der Waals surface area contributed by atoms with E-state index in [2.05, 4.69) is 44.0 Å². The number of benzene rings is 1. The molecule has 1 saturated heterocycles. The fraction of sp³-hybridized carbons (Fsp3) is 0.579. The van der Waals surface area contributed by atoms with Gasteiger partial charge in [-0.25, -0.2) is 4.98 Å². The number of amides is 1. The molecular formula is C19H26BrN3O2. The standard InChI is InChI=1S/C18H22BrN3O.CH4O/c19-12-9-10-16-15(11-12)21-18(14-7-4-8-17(23)20-14)22(16)13-5-2-1-3-6-13;1-2/h9-11,13-14H,1-8H2,(H,20,23);2H,1H3/t14-;/m0./s1. The second-order valence-corrected chi connectivity index (χ2v) is 7.69. The maximum absolute atomic E-state index is 11.8. The Morgan fingerprint density at radius 1 is 1.16 bits per heavy atom. The number of hydrogen-bond donors (Lipinski definition) is 2. The van der Waals surface area contributed by atoms with Gasteiger partial charge in [-0.3, -0.25) is 4.79 Å². The Hall–Kier alpha value is -1.40. The predicted molar refractivity (Wildman–Crippen MR) is 102 cm³/mol. The van der Waals surface area contributed by atoms with Gasteiger partial charge in [0.25, 0.3) is 0 Å². The van der Waals surface area contributed by atoms with Crippen LogP contribution in [0.5, 0.6) is 0 Å². The van der Waals surface area contributed by atoms with Crippen molar-refractivity contribution in [3.05, 3.63) is 28.5 Å². The number of aromatic nitrogens is 2. The van der Waals surface area contributed by atoms with Crippen molar-refractivity contribution in [3.63, 3.8) is 0 Å². The number of piperidine rings is 1. The SMILES string of the molecule is CO.O=C1CCC[C@@H](c2nc3cc(Br)ccc3n2C2CCCCC2)N1. The van der Waals surface area contributed by atoms with Crippen LogP contribution in [0.15, 0.2) is 22.7 Å². The highest BCUT2D eigenvalue weighted by molar-refractivity contribution is 9.10. The van der Waals surface area contributed by atoms with Crippen molar-refractivity contribution in [2.75, 3.05) is 7.11 Å². The molecule has 136 valence electrons. The molecule has 2 aliphatic rings. The molecule has 1 aromatic carbocycles. The van der Waals surface area contributed by atoms with E-state index in [1.54, 1.807) is 0 Å². The molecule has 2 aromatic rings. The summed E-state index contributed by atoms with van der Waals surface area (Å²) in [6.45, 7) is 0. The van der Waals surface area contributed by atoms with E-state index < -0.39 is 0 Å². The van der Waals surface area contributed by atoms with Crippen molar-refractivity contribution in [1.29, 1.82) is 0 Å². The molecule has 6 heteroatoms. The topological polar surface area (TPSA) is 67.1 Å². The number of imidazole rings is 1. The number of hydrogen-bond acceptors (Lipinski definition) is 3. The van der Waals surface area contributed by atoms with Crippen LogP contribution in [0.3, 0.4) is 0 Å². The molecule has 4 rings (SSSR count). The minimum Gasteiger partial charge on any atom is -0.400 e. The number of carbonyl (C=O) groups is 1. The summed E-state index contributed by atoms with van der Waals surface area (Å²) in [4.78, 5) is 16.8. The number of nitrogens with zero attached hydrogens (tertiary/aromatic N) is 2. The molecule has 1 saturated carbocycles. The molecular weight excluding hydrogens is 382 g/mol. The highest BCUT2D eigenvalue weighted by Crippen LogP contribution is 2.36. The highest BCUT2D eigenvalue weighted by atomic mass is 79.9. The second-order valence-electron chi connectivity index (χ2n) is 6.78. The van der Waals surface area contributed by atoms with E-state index >= 15 is 0 Å². The van der Waals surface area contributed by atoms with Crippen LogP contribution in [-0.2, 0) is 4.79 Å². The molecule has 1 aliphatic carbocycles. The quantitative estimate of drug-likeness (QED) is 0.781. The number of aliphatic hydroxyl groups is 1. The van der Waals surface area contributed by atoms with Crippen LogP contribution in [0, 0.1) is 0 Å². The average Bonchev–Trinajstić information content (AvgIpc) is 3.02. The molecule has 25 heavy (non-hydrogen) atoms. The molecule has 0 radical (unpaired) electrons. The van der Waals surface area contributed by atoms with Gasteiger partial charge in [-0.05, 0) is 43.9 Å². The first-order chi connectivity index (χ1) is 12.2. The first kappa shape index (κ1) is 18.4. The Bertz CT molecular complexity index is 738. The molecule has 1 atom stereocenters. The molecule has 2 heterocycles. The first-order valence-corrected chi connectivity index (χ1v) is 9.93. The van der Waals surface area contributed by atoms with E-state index in [-0.39, 0.29) is 11.9 Å². The zero-order chi connectivity index (χ0) is 17.8. The molecule has 2 fully saturated rings. The molecule has 0 bridgehead atoms. The minimum absolute atomic E-state index is 0.0596. The van der Waals surface area contributed by atoms with Gasteiger partial charge in [0.15, 0.2) is 0 Å². The van der Waals surface area contributed by atoms with Gasteiger partial charge in [-0.2, -0.15) is 0 Å². The Labute approximate surface area is 156 Å². The van der Waals surface area contributed by atoms with Gasteiger partial charge in [0.2, 0.25) is 5.91 Å². The van der Waals surface area contributed by atoms with Gasteiger partial charge >= 0.3 is 0 Å². The number of rotatable bonds is 2. The Balaban J connectivity index is 0.000000880. The molecule has 0 spiro atoms. The van der Waals surface area contributed by atoms with Crippen LogP contribution in [0.25, 0.3) is 11.0 Å². The van der Waals surface area contributed by atoms with E-state index in [1.807, 2.05) is 0 Å². The van der Waals surface area contributed by atoms with E-state index in [0.29, 0.717) is 12.5 Å². The summed E-state index contributed by atoms with van der Waals surface area (Å²) >= 11 is 3.55. The average molecular weight is 408 g/mol. The van der Waals surface area contributed by atoms with Crippen molar-refractivity contribution in [1.82, 2.24) is 14.9 Å². The van der Waals surface area contributed by atoms with E-state index in [4.69, 9.17) is 10.1 Å². The van der Waals surface area contributed by atoms with Gasteiger partial charge in [-0.15, -0.1) is 0 Å². The summed E-state index contributed by atoms with van der Waals surface area (Å²) < 4.78 is 3.48. The van der Waals surface area contributed by atoms with E-state index in [1.165, 1.54) is 37.6 Å². The second kappa shape index (κ2) is 8.32. The fourth-order valence-corrected chi connectivity index (χ4v) is 4.41. The smallest absolute Gasteiger partial charge is 0.220 e. The summed E-state index contributed by atoms with van der Waals surface area (Å²) in [5, 5.41) is 10.2. The summed E-state index contributed by atoms with van der Waals surface area (Å²) in [5.41, 5.74) is 2.23. The molecule has 2 N–H and O–H groups in total. The van der Waals surface area contributed by atoms with Gasteiger partial charge in [0, 0.05) is 24.0 Å². The molecule has 1 aromatic heterocycles. The van der Waals surface area contributed by atoms with Crippen LogP contribution in [0.2, 0.25) is 0 Å². The number of aliphatic hydroxyl groups excluding tert-OH is 1.